The molecule has 1 aromatic carbocycles. The zero-order valence-corrected chi connectivity index (χ0v) is 20.9. The molecule has 2 N–H and O–H groups in total. The Balaban J connectivity index is 1.29. The number of H-pyrrole nitrogens is 1. The van der Waals surface area contributed by atoms with Crippen molar-refractivity contribution >= 4 is 11.6 Å². The summed E-state index contributed by atoms with van der Waals surface area (Å²) in [5, 5.41) is 17.4. The van der Waals surface area contributed by atoms with E-state index >= 15 is 0 Å². The third-order valence-corrected chi connectivity index (χ3v) is 7.70. The summed E-state index contributed by atoms with van der Waals surface area (Å²) in [6.45, 7) is 7.57. The highest BCUT2D eigenvalue weighted by atomic mass is 35.5. The highest BCUT2D eigenvalue weighted by Crippen LogP contribution is 2.39. The SMILES string of the molecule is Cc1cc(C2CCN(CCO)CC2)c(C)cc1Cc1ncc(Cl)c(Cc2cc(C3CC3)n[nH]2)n1. The fourth-order valence-corrected chi connectivity index (χ4v) is 5.36. The van der Waals surface area contributed by atoms with Gasteiger partial charge in [0.25, 0.3) is 0 Å². The Kier molecular flexibility index (Phi) is 7.00. The van der Waals surface area contributed by atoms with E-state index in [2.05, 4.69) is 52.1 Å². The van der Waals surface area contributed by atoms with Crippen LogP contribution in [0.4, 0.5) is 0 Å². The number of aliphatic hydroxyl groups is 1. The van der Waals surface area contributed by atoms with E-state index in [-0.39, 0.29) is 6.61 Å². The molecular weight excluding hydrogens is 446 g/mol. The van der Waals surface area contributed by atoms with Gasteiger partial charge in [-0.1, -0.05) is 23.7 Å². The molecule has 2 fully saturated rings. The first-order valence-corrected chi connectivity index (χ1v) is 12.9. The lowest BCUT2D eigenvalue weighted by atomic mass is 9.84. The van der Waals surface area contributed by atoms with Crippen molar-refractivity contribution in [2.45, 2.75) is 64.2 Å². The number of halogens is 1. The largest absolute Gasteiger partial charge is 0.395 e. The summed E-state index contributed by atoms with van der Waals surface area (Å²) in [6, 6.07) is 6.84. The fourth-order valence-electron chi connectivity index (χ4n) is 5.20. The van der Waals surface area contributed by atoms with Crippen LogP contribution in [0.5, 0.6) is 0 Å². The molecule has 2 aromatic heterocycles. The fraction of sp³-hybridized carbons (Fsp3) is 0.519. The molecule has 1 saturated carbocycles. The number of rotatable bonds is 8. The van der Waals surface area contributed by atoms with Crippen LogP contribution in [0.2, 0.25) is 5.02 Å². The molecular formula is C27H34ClN5O. The molecule has 0 atom stereocenters. The van der Waals surface area contributed by atoms with Crippen molar-refractivity contribution in [1.29, 1.82) is 0 Å². The van der Waals surface area contributed by atoms with Crippen molar-refractivity contribution in [2.75, 3.05) is 26.2 Å². The number of nitrogens with zero attached hydrogens (tertiary/aromatic N) is 4. The molecule has 1 aliphatic heterocycles. The van der Waals surface area contributed by atoms with Gasteiger partial charge in [0.2, 0.25) is 0 Å². The van der Waals surface area contributed by atoms with Crippen LogP contribution in [0.3, 0.4) is 0 Å². The Bertz CT molecular complexity index is 1150. The number of aromatic nitrogens is 4. The molecule has 6 nitrogen and oxygen atoms in total. The van der Waals surface area contributed by atoms with Crippen molar-refractivity contribution in [3.8, 4) is 0 Å². The number of nitrogens with one attached hydrogen (secondary N) is 1. The van der Waals surface area contributed by atoms with Crippen molar-refractivity contribution in [3.05, 3.63) is 74.6 Å². The van der Waals surface area contributed by atoms with E-state index in [1.54, 1.807) is 6.20 Å². The number of hydrogen-bond acceptors (Lipinski definition) is 5. The number of hydrogen-bond donors (Lipinski definition) is 2. The van der Waals surface area contributed by atoms with E-state index < -0.39 is 0 Å². The molecule has 3 heterocycles. The average molecular weight is 480 g/mol. The van der Waals surface area contributed by atoms with Gasteiger partial charge in [0.05, 0.1) is 23.0 Å². The number of piperidine rings is 1. The summed E-state index contributed by atoms with van der Waals surface area (Å²) in [5.74, 6) is 2.02. The average Bonchev–Trinajstić information content (AvgIpc) is 3.58. The van der Waals surface area contributed by atoms with E-state index in [4.69, 9.17) is 16.6 Å². The molecule has 7 heteroatoms. The molecule has 3 aromatic rings. The molecule has 1 saturated heterocycles. The normalized spacial score (nSPS) is 17.4. The van der Waals surface area contributed by atoms with Gasteiger partial charge < -0.3 is 10.0 Å². The molecule has 0 spiro atoms. The third-order valence-electron chi connectivity index (χ3n) is 7.39. The van der Waals surface area contributed by atoms with Gasteiger partial charge in [0, 0.05) is 37.2 Å². The molecule has 34 heavy (non-hydrogen) atoms. The quantitative estimate of drug-likeness (QED) is 0.489. The van der Waals surface area contributed by atoms with Gasteiger partial charge in [-0.3, -0.25) is 5.10 Å². The van der Waals surface area contributed by atoms with Crippen molar-refractivity contribution in [1.82, 2.24) is 25.1 Å². The Hall–Kier alpha value is -2.28. The molecule has 180 valence electrons. The highest BCUT2D eigenvalue weighted by Gasteiger charge is 2.26. The summed E-state index contributed by atoms with van der Waals surface area (Å²) >= 11 is 6.45. The van der Waals surface area contributed by atoms with Crippen LogP contribution in [0.1, 0.15) is 82.7 Å². The van der Waals surface area contributed by atoms with E-state index in [0.29, 0.717) is 29.7 Å². The maximum atomic E-state index is 9.20. The van der Waals surface area contributed by atoms with Crippen LogP contribution in [0.15, 0.2) is 24.4 Å². The van der Waals surface area contributed by atoms with Crippen LogP contribution >= 0.6 is 11.6 Å². The van der Waals surface area contributed by atoms with E-state index in [0.717, 1.165) is 55.4 Å². The van der Waals surface area contributed by atoms with Gasteiger partial charge in [0.15, 0.2) is 0 Å². The predicted octanol–water partition coefficient (Wildman–Crippen LogP) is 4.70. The Labute approximate surface area is 206 Å². The van der Waals surface area contributed by atoms with Gasteiger partial charge >= 0.3 is 0 Å². The lowest BCUT2D eigenvalue weighted by molar-refractivity contribution is 0.164. The summed E-state index contributed by atoms with van der Waals surface area (Å²) < 4.78 is 0. The number of β-amino-alcohol motifs (C(OH)–C–C–N with tert-alkyl or cyclic N) is 1. The molecule has 5 rings (SSSR count). The van der Waals surface area contributed by atoms with Gasteiger partial charge in [-0.25, -0.2) is 9.97 Å². The monoisotopic (exact) mass is 479 g/mol. The Morgan fingerprint density at radius 1 is 1.03 bits per heavy atom. The van der Waals surface area contributed by atoms with Crippen LogP contribution in [0.25, 0.3) is 0 Å². The van der Waals surface area contributed by atoms with Gasteiger partial charge in [-0.05, 0) is 86.9 Å². The number of likely N-dealkylation sites (tertiary alicyclic amines) is 1. The number of aliphatic hydroxyl groups excluding tert-OH is 1. The minimum absolute atomic E-state index is 0.245. The van der Waals surface area contributed by atoms with E-state index in [1.165, 1.54) is 35.1 Å². The van der Waals surface area contributed by atoms with E-state index in [9.17, 15) is 5.11 Å². The summed E-state index contributed by atoms with van der Waals surface area (Å²) in [5.41, 5.74) is 8.43. The minimum Gasteiger partial charge on any atom is -0.395 e. The van der Waals surface area contributed by atoms with Crippen molar-refractivity contribution in [2.24, 2.45) is 0 Å². The van der Waals surface area contributed by atoms with Crippen molar-refractivity contribution < 1.29 is 5.11 Å². The molecule has 0 unspecified atom stereocenters. The second kappa shape index (κ2) is 10.1. The maximum absolute atomic E-state index is 9.20. The van der Waals surface area contributed by atoms with Crippen LogP contribution < -0.4 is 0 Å². The summed E-state index contributed by atoms with van der Waals surface area (Å²) in [6.07, 6.45) is 7.85. The zero-order chi connectivity index (χ0) is 23.7. The lowest BCUT2D eigenvalue weighted by Gasteiger charge is -2.32. The van der Waals surface area contributed by atoms with Crippen molar-refractivity contribution in [3.63, 3.8) is 0 Å². The number of benzene rings is 1. The predicted molar refractivity (Wildman–Crippen MR) is 135 cm³/mol. The van der Waals surface area contributed by atoms with Crippen LogP contribution in [-0.2, 0) is 12.8 Å². The molecule has 2 aliphatic rings. The third kappa shape index (κ3) is 5.35. The lowest BCUT2D eigenvalue weighted by Crippen LogP contribution is -2.35. The molecule has 1 aliphatic carbocycles. The second-order valence-corrected chi connectivity index (χ2v) is 10.4. The number of aromatic amines is 1. The smallest absolute Gasteiger partial charge is 0.133 e. The maximum Gasteiger partial charge on any atom is 0.133 e. The van der Waals surface area contributed by atoms with Crippen LogP contribution in [-0.4, -0.2) is 56.4 Å². The minimum atomic E-state index is 0.245. The molecule has 0 radical (unpaired) electrons. The van der Waals surface area contributed by atoms with Gasteiger partial charge in [-0.15, -0.1) is 0 Å². The zero-order valence-electron chi connectivity index (χ0n) is 20.1. The topological polar surface area (TPSA) is 77.9 Å². The first kappa shape index (κ1) is 23.5. The summed E-state index contributed by atoms with van der Waals surface area (Å²) in [4.78, 5) is 11.7. The molecule has 0 amide bonds. The van der Waals surface area contributed by atoms with Gasteiger partial charge in [0.1, 0.15) is 5.82 Å². The standard InChI is InChI=1S/C27H34ClN5O/c1-17-12-23(19-5-7-33(8-6-19)9-10-34)18(2)11-21(17)13-27-29-16-24(28)26(30-27)15-22-14-25(32-31-22)20-3-4-20/h11-12,14,16,19-20,34H,3-10,13,15H2,1-2H3,(H,31,32). The second-order valence-electron chi connectivity index (χ2n) is 10.0. The molecule has 0 bridgehead atoms. The first-order valence-electron chi connectivity index (χ1n) is 12.5. The first-order chi connectivity index (χ1) is 16.5. The van der Waals surface area contributed by atoms with E-state index in [1.807, 2.05) is 0 Å². The Morgan fingerprint density at radius 2 is 1.82 bits per heavy atom. The number of aryl methyl sites for hydroxylation is 2. The van der Waals surface area contributed by atoms with Gasteiger partial charge in [-0.2, -0.15) is 5.10 Å². The summed E-state index contributed by atoms with van der Waals surface area (Å²) in [7, 11) is 0. The highest BCUT2D eigenvalue weighted by molar-refractivity contribution is 6.31. The van der Waals surface area contributed by atoms with Crippen LogP contribution in [0, 0.1) is 13.8 Å². The Morgan fingerprint density at radius 3 is 2.56 bits per heavy atom.